The molecule has 3 rings (SSSR count). The fourth-order valence-electron chi connectivity index (χ4n) is 2.59. The third-order valence-corrected chi connectivity index (χ3v) is 5.60. The number of ether oxygens (including phenoxy) is 2. The van der Waals surface area contributed by atoms with Gasteiger partial charge in [0, 0.05) is 0 Å². The van der Waals surface area contributed by atoms with Crippen LogP contribution in [-0.2, 0) is 20.2 Å². The van der Waals surface area contributed by atoms with Gasteiger partial charge in [-0.15, -0.1) is 0 Å². The van der Waals surface area contributed by atoms with Gasteiger partial charge in [-0.1, -0.05) is 22.6 Å². The lowest BCUT2D eigenvalue weighted by atomic mass is 9.97. The zero-order valence-electron chi connectivity index (χ0n) is 14.5. The van der Waals surface area contributed by atoms with E-state index in [9.17, 15) is 15.0 Å². The Balaban J connectivity index is 2.18. The number of esters is 1. The summed E-state index contributed by atoms with van der Waals surface area (Å²) in [5, 5.41) is 20.0. The van der Waals surface area contributed by atoms with Gasteiger partial charge in [-0.3, -0.25) is 9.36 Å². The predicted octanol–water partition coefficient (Wildman–Crippen LogP) is 0.164. The van der Waals surface area contributed by atoms with Crippen LogP contribution in [0.3, 0.4) is 0 Å². The first-order chi connectivity index (χ1) is 12.1. The molecule has 0 aromatic carbocycles. The van der Waals surface area contributed by atoms with Crippen molar-refractivity contribution in [3.63, 3.8) is 0 Å². The van der Waals surface area contributed by atoms with E-state index in [1.54, 1.807) is 20.8 Å². The summed E-state index contributed by atoms with van der Waals surface area (Å²) in [4.78, 5) is 24.9. The van der Waals surface area contributed by atoms with E-state index in [1.807, 2.05) is 22.6 Å². The molecule has 26 heavy (non-hydrogen) atoms. The number of carbonyl (C=O) groups excluding carboxylic acids is 1. The third kappa shape index (κ3) is 2.92. The highest BCUT2D eigenvalue weighted by molar-refractivity contribution is 14.1. The van der Waals surface area contributed by atoms with Crippen molar-refractivity contribution in [1.82, 2.24) is 19.5 Å². The average Bonchev–Trinajstić information content (AvgIpc) is 3.11. The molecule has 11 heteroatoms. The van der Waals surface area contributed by atoms with Crippen molar-refractivity contribution in [3.8, 4) is 0 Å². The van der Waals surface area contributed by atoms with Crippen LogP contribution in [0.15, 0.2) is 12.7 Å². The molecule has 2 aromatic heterocycles. The molecule has 0 unspecified atom stereocenters. The van der Waals surface area contributed by atoms with E-state index >= 15 is 0 Å². The van der Waals surface area contributed by atoms with Crippen molar-refractivity contribution in [3.05, 3.63) is 12.7 Å². The molecule has 0 radical (unpaired) electrons. The SMILES string of the molecule is CC(C)(C)C(=O)O[C@@]1(n2cnc3c(N)ncnc32)O[C@H](CO)[C@@H](O)[C@@H]1I. The summed E-state index contributed by atoms with van der Waals surface area (Å²) in [6.07, 6.45) is 0.599. The second kappa shape index (κ2) is 6.55. The maximum atomic E-state index is 12.6. The van der Waals surface area contributed by atoms with Crippen molar-refractivity contribution in [2.45, 2.75) is 42.8 Å². The monoisotopic (exact) mass is 477 g/mol. The lowest BCUT2D eigenvalue weighted by Crippen LogP contribution is -2.48. The highest BCUT2D eigenvalue weighted by Crippen LogP contribution is 2.44. The van der Waals surface area contributed by atoms with Gasteiger partial charge in [0.1, 0.15) is 34.3 Å². The number of nitrogens with zero attached hydrogens (tertiary/aromatic N) is 4. The first-order valence-corrected chi connectivity index (χ1v) is 9.14. The topological polar surface area (TPSA) is 146 Å². The molecular formula is C15H20IN5O5. The fourth-order valence-corrected chi connectivity index (χ4v) is 3.62. The predicted molar refractivity (Wildman–Crippen MR) is 99.0 cm³/mol. The Morgan fingerprint density at radius 1 is 1.46 bits per heavy atom. The van der Waals surface area contributed by atoms with Gasteiger partial charge >= 0.3 is 11.9 Å². The van der Waals surface area contributed by atoms with Crippen molar-refractivity contribution >= 4 is 45.5 Å². The van der Waals surface area contributed by atoms with Gasteiger partial charge < -0.3 is 25.4 Å². The van der Waals surface area contributed by atoms with Gasteiger partial charge in [0.15, 0.2) is 11.5 Å². The molecule has 3 heterocycles. The smallest absolute Gasteiger partial charge is 0.319 e. The normalized spacial score (nSPS) is 29.2. The summed E-state index contributed by atoms with van der Waals surface area (Å²) in [5.41, 5.74) is 5.61. The molecule has 1 saturated heterocycles. The lowest BCUT2D eigenvalue weighted by Gasteiger charge is -2.34. The molecule has 0 spiro atoms. The largest absolute Gasteiger partial charge is 0.412 e. The van der Waals surface area contributed by atoms with Crippen LogP contribution in [0.25, 0.3) is 11.2 Å². The molecule has 0 amide bonds. The second-order valence-corrected chi connectivity index (χ2v) is 8.39. The summed E-state index contributed by atoms with van der Waals surface area (Å²) in [6.45, 7) is 4.66. The maximum Gasteiger partial charge on any atom is 0.319 e. The van der Waals surface area contributed by atoms with Gasteiger partial charge in [-0.2, -0.15) is 0 Å². The number of aromatic nitrogens is 4. The molecule has 1 aliphatic rings. The Kier molecular flexibility index (Phi) is 4.83. The number of imidazole rings is 1. The average molecular weight is 477 g/mol. The van der Waals surface area contributed by atoms with E-state index in [1.165, 1.54) is 17.2 Å². The van der Waals surface area contributed by atoms with Gasteiger partial charge in [0.05, 0.1) is 12.0 Å². The molecule has 1 aliphatic heterocycles. The number of rotatable bonds is 3. The van der Waals surface area contributed by atoms with E-state index in [0.717, 1.165) is 0 Å². The van der Waals surface area contributed by atoms with Crippen LogP contribution >= 0.6 is 22.6 Å². The van der Waals surface area contributed by atoms with Crippen LogP contribution in [0.1, 0.15) is 20.8 Å². The van der Waals surface area contributed by atoms with E-state index < -0.39 is 40.0 Å². The Morgan fingerprint density at radius 3 is 2.73 bits per heavy atom. The van der Waals surface area contributed by atoms with E-state index in [0.29, 0.717) is 5.52 Å². The molecule has 4 atom stereocenters. The minimum Gasteiger partial charge on any atom is -0.412 e. The summed E-state index contributed by atoms with van der Waals surface area (Å²) >= 11 is 1.93. The first kappa shape index (κ1) is 19.2. The second-order valence-electron chi connectivity index (χ2n) is 7.05. The number of hydrogen-bond acceptors (Lipinski definition) is 9. The quantitative estimate of drug-likeness (QED) is 0.320. The number of carbonyl (C=O) groups is 1. The molecule has 142 valence electrons. The van der Waals surface area contributed by atoms with Crippen LogP contribution < -0.4 is 5.73 Å². The van der Waals surface area contributed by atoms with E-state index in [2.05, 4.69) is 15.0 Å². The molecule has 4 N–H and O–H groups in total. The summed E-state index contributed by atoms with van der Waals surface area (Å²) in [7, 11) is 0. The van der Waals surface area contributed by atoms with Crippen LogP contribution in [0.5, 0.6) is 0 Å². The molecular weight excluding hydrogens is 457 g/mol. The minimum absolute atomic E-state index is 0.160. The maximum absolute atomic E-state index is 12.6. The van der Waals surface area contributed by atoms with Gasteiger partial charge in [-0.25, -0.2) is 15.0 Å². The van der Waals surface area contributed by atoms with Gasteiger partial charge in [-0.05, 0) is 20.8 Å². The van der Waals surface area contributed by atoms with Crippen molar-refractivity contribution in [2.75, 3.05) is 12.3 Å². The Labute approximate surface area is 162 Å². The van der Waals surface area contributed by atoms with Crippen LogP contribution in [0.2, 0.25) is 0 Å². The first-order valence-electron chi connectivity index (χ1n) is 7.90. The van der Waals surface area contributed by atoms with Gasteiger partial charge in [0.2, 0.25) is 0 Å². The number of halogens is 1. The van der Waals surface area contributed by atoms with Gasteiger partial charge in [0.25, 0.3) is 0 Å². The molecule has 10 nitrogen and oxygen atoms in total. The Bertz CT molecular complexity index is 837. The molecule has 2 aromatic rings. The molecule has 1 fully saturated rings. The summed E-state index contributed by atoms with van der Waals surface area (Å²) < 4.78 is 12.3. The van der Waals surface area contributed by atoms with Crippen LogP contribution in [0.4, 0.5) is 5.82 Å². The number of fused-ring (bicyclic) bond motifs is 1. The zero-order valence-corrected chi connectivity index (χ0v) is 16.6. The zero-order chi connectivity index (χ0) is 19.3. The lowest BCUT2D eigenvalue weighted by molar-refractivity contribution is -0.272. The van der Waals surface area contributed by atoms with Crippen LogP contribution in [0, 0.1) is 5.41 Å². The number of alkyl halides is 1. The fraction of sp³-hybridized carbons (Fsp3) is 0.600. The van der Waals surface area contributed by atoms with Crippen molar-refractivity contribution < 1.29 is 24.5 Å². The van der Waals surface area contributed by atoms with E-state index in [4.69, 9.17) is 15.2 Å². The molecule has 0 aliphatic carbocycles. The number of aliphatic hydroxyl groups is 2. The number of nitrogen functional groups attached to an aromatic ring is 1. The highest BCUT2D eigenvalue weighted by Gasteiger charge is 2.59. The van der Waals surface area contributed by atoms with E-state index in [-0.39, 0.29) is 11.5 Å². The standard InChI is InChI=1S/C15H20IN5O5/c1-14(2,3)13(24)26-15(10(16)9(23)7(4-22)25-15)21-6-20-8-11(17)18-5-19-12(8)21/h5-7,9-10,22-23H,4H2,1-3H3,(H2,17,18,19)/t7-,9-,10+,15+/m1/s1. The number of aliphatic hydroxyl groups excluding tert-OH is 2. The summed E-state index contributed by atoms with van der Waals surface area (Å²) in [6, 6.07) is 0. The third-order valence-electron chi connectivity index (χ3n) is 4.08. The molecule has 0 saturated carbocycles. The number of nitrogens with two attached hydrogens (primary N) is 1. The molecule has 0 bridgehead atoms. The van der Waals surface area contributed by atoms with Crippen molar-refractivity contribution in [1.29, 1.82) is 0 Å². The Morgan fingerprint density at radius 2 is 2.15 bits per heavy atom. The summed E-state index contributed by atoms with van der Waals surface area (Å²) in [5.74, 6) is -2.13. The minimum atomic E-state index is -1.74. The highest BCUT2D eigenvalue weighted by atomic mass is 127. The van der Waals surface area contributed by atoms with Crippen molar-refractivity contribution in [2.24, 2.45) is 5.41 Å². The number of anilines is 1. The van der Waals surface area contributed by atoms with Crippen LogP contribution in [-0.4, -0.2) is 58.4 Å². The Hall–Kier alpha value is -1.57. The number of hydrogen-bond donors (Lipinski definition) is 3.